The van der Waals surface area contributed by atoms with Crippen molar-refractivity contribution in [2.45, 2.75) is 19.4 Å². The minimum absolute atomic E-state index is 0.230. The fraction of sp³-hybridized carbons (Fsp3) is 0.333. The smallest absolute Gasteiger partial charge is 0.0431 e. The summed E-state index contributed by atoms with van der Waals surface area (Å²) in [6, 6.07) is 6.43. The maximum absolute atomic E-state index is 5.36. The Morgan fingerprint density at radius 3 is 2.40 bits per heavy atom. The first-order chi connectivity index (χ1) is 7.17. The third-order valence-corrected chi connectivity index (χ3v) is 2.98. The van der Waals surface area contributed by atoms with Crippen LogP contribution in [0.5, 0.6) is 0 Å². The fourth-order valence-corrected chi connectivity index (χ4v) is 2.78. The molecule has 3 heteroatoms. The molecule has 0 fully saturated rings. The molecule has 0 aromatic heterocycles. The first kappa shape index (κ1) is 12.8. The molecule has 0 aliphatic rings. The molecule has 1 aromatic rings. The van der Waals surface area contributed by atoms with Crippen LogP contribution in [0.2, 0.25) is 0 Å². The summed E-state index contributed by atoms with van der Waals surface area (Å²) in [5, 5.41) is 3.37. The van der Waals surface area contributed by atoms with Gasteiger partial charge in [0.15, 0.2) is 0 Å². The highest BCUT2D eigenvalue weighted by Gasteiger charge is 2.09. The van der Waals surface area contributed by atoms with Crippen molar-refractivity contribution in [2.24, 2.45) is 0 Å². The van der Waals surface area contributed by atoms with Gasteiger partial charge in [-0.2, -0.15) is 0 Å². The highest BCUT2D eigenvalue weighted by molar-refractivity contribution is 9.11. The van der Waals surface area contributed by atoms with Gasteiger partial charge in [0.1, 0.15) is 0 Å². The Hall–Kier alpha value is -0.300. The van der Waals surface area contributed by atoms with Gasteiger partial charge < -0.3 is 5.32 Å². The fourth-order valence-electron chi connectivity index (χ4n) is 1.45. The molecule has 0 amide bonds. The molecule has 0 bridgehead atoms. The van der Waals surface area contributed by atoms with Crippen molar-refractivity contribution in [3.63, 3.8) is 0 Å². The van der Waals surface area contributed by atoms with E-state index in [9.17, 15) is 0 Å². The van der Waals surface area contributed by atoms with E-state index in [2.05, 4.69) is 62.2 Å². The molecule has 80 valence electrons. The summed E-state index contributed by atoms with van der Waals surface area (Å²) in [6.07, 6.45) is 6.06. The Morgan fingerprint density at radius 2 is 1.93 bits per heavy atom. The van der Waals surface area contributed by atoms with Crippen molar-refractivity contribution < 1.29 is 0 Å². The van der Waals surface area contributed by atoms with Gasteiger partial charge in [0.05, 0.1) is 0 Å². The molecule has 0 aliphatic carbocycles. The maximum atomic E-state index is 5.36. The lowest BCUT2D eigenvalue weighted by Crippen LogP contribution is -2.20. The van der Waals surface area contributed by atoms with Crippen molar-refractivity contribution in [1.29, 1.82) is 0 Å². The van der Waals surface area contributed by atoms with Gasteiger partial charge in [-0.3, -0.25) is 0 Å². The van der Waals surface area contributed by atoms with Crippen LogP contribution in [0.3, 0.4) is 0 Å². The zero-order valence-corrected chi connectivity index (χ0v) is 11.7. The molecule has 1 N–H and O–H groups in total. The Labute approximate surface area is 108 Å². The molecule has 1 nitrogen and oxygen atoms in total. The van der Waals surface area contributed by atoms with Crippen LogP contribution >= 0.6 is 31.9 Å². The summed E-state index contributed by atoms with van der Waals surface area (Å²) in [7, 11) is 0. The summed E-state index contributed by atoms with van der Waals surface area (Å²) >= 11 is 6.95. The van der Waals surface area contributed by atoms with Gasteiger partial charge >= 0.3 is 0 Å². The predicted molar refractivity (Wildman–Crippen MR) is 71.7 cm³/mol. The molecule has 1 rings (SSSR count). The molecule has 0 saturated carbocycles. The van der Waals surface area contributed by atoms with E-state index < -0.39 is 0 Å². The van der Waals surface area contributed by atoms with E-state index in [-0.39, 0.29) is 6.04 Å². The third-order valence-electron chi connectivity index (χ3n) is 2.06. The maximum Gasteiger partial charge on any atom is 0.0431 e. The number of hydrogen-bond acceptors (Lipinski definition) is 1. The minimum Gasteiger partial charge on any atom is -0.309 e. The van der Waals surface area contributed by atoms with Crippen LogP contribution in [0, 0.1) is 12.3 Å². The van der Waals surface area contributed by atoms with Gasteiger partial charge in [0, 0.05) is 21.4 Å². The van der Waals surface area contributed by atoms with E-state index in [0.717, 1.165) is 15.5 Å². The summed E-state index contributed by atoms with van der Waals surface area (Å²) in [6.45, 7) is 2.99. The molecule has 0 radical (unpaired) electrons. The van der Waals surface area contributed by atoms with E-state index >= 15 is 0 Å². The van der Waals surface area contributed by atoms with E-state index in [0.29, 0.717) is 6.42 Å². The molecule has 0 heterocycles. The van der Waals surface area contributed by atoms with Crippen LogP contribution in [0.4, 0.5) is 0 Å². The summed E-state index contributed by atoms with van der Waals surface area (Å²) in [5.41, 5.74) is 1.20. The molecular weight excluding hydrogens is 318 g/mol. The van der Waals surface area contributed by atoms with Crippen LogP contribution in [-0.2, 0) is 0 Å². The van der Waals surface area contributed by atoms with Crippen LogP contribution in [0.25, 0.3) is 0 Å². The molecular formula is C12H13Br2N. The molecule has 1 atom stereocenters. The molecule has 0 spiro atoms. The zero-order valence-electron chi connectivity index (χ0n) is 8.56. The number of hydrogen-bond donors (Lipinski definition) is 1. The molecule has 1 aromatic carbocycles. The first-order valence-corrected chi connectivity index (χ1v) is 6.38. The molecule has 1 unspecified atom stereocenters. The van der Waals surface area contributed by atoms with Crippen LogP contribution in [-0.4, -0.2) is 6.54 Å². The first-order valence-electron chi connectivity index (χ1n) is 4.80. The van der Waals surface area contributed by atoms with Gasteiger partial charge in [-0.15, -0.1) is 12.3 Å². The Kier molecular flexibility index (Phi) is 5.38. The average Bonchev–Trinajstić information content (AvgIpc) is 2.16. The lowest BCUT2D eigenvalue weighted by atomic mass is 10.0. The van der Waals surface area contributed by atoms with Crippen molar-refractivity contribution in [3.05, 3.63) is 32.7 Å². The highest BCUT2D eigenvalue weighted by atomic mass is 79.9. The standard InChI is InChI=1S/C12H13Br2N/c1-3-5-12(15-4-2)9-6-10(13)8-11(14)7-9/h1,6-8,12,15H,4-5H2,2H3. The second-order valence-corrected chi connectivity index (χ2v) is 5.05. The second-order valence-electron chi connectivity index (χ2n) is 3.22. The molecule has 15 heavy (non-hydrogen) atoms. The Morgan fingerprint density at radius 1 is 1.33 bits per heavy atom. The number of benzene rings is 1. The van der Waals surface area contributed by atoms with Crippen LogP contribution < -0.4 is 5.32 Å². The quantitative estimate of drug-likeness (QED) is 0.826. The lowest BCUT2D eigenvalue weighted by Gasteiger charge is -2.16. The number of terminal acetylenes is 1. The predicted octanol–water partition coefficient (Wildman–Crippen LogP) is 3.89. The van der Waals surface area contributed by atoms with Crippen molar-refractivity contribution in [3.8, 4) is 12.3 Å². The minimum atomic E-state index is 0.230. The van der Waals surface area contributed by atoms with Gasteiger partial charge in [-0.1, -0.05) is 38.8 Å². The summed E-state index contributed by atoms with van der Waals surface area (Å²) in [5.74, 6) is 2.70. The number of halogens is 2. The molecule has 0 aliphatic heterocycles. The van der Waals surface area contributed by atoms with Crippen molar-refractivity contribution in [1.82, 2.24) is 5.32 Å². The van der Waals surface area contributed by atoms with E-state index in [1.807, 2.05) is 6.07 Å². The largest absolute Gasteiger partial charge is 0.309 e. The van der Waals surface area contributed by atoms with Gasteiger partial charge in [0.2, 0.25) is 0 Å². The summed E-state index contributed by atoms with van der Waals surface area (Å²) < 4.78 is 2.12. The topological polar surface area (TPSA) is 12.0 Å². The van der Waals surface area contributed by atoms with Crippen molar-refractivity contribution in [2.75, 3.05) is 6.54 Å². The zero-order chi connectivity index (χ0) is 11.3. The monoisotopic (exact) mass is 329 g/mol. The van der Waals surface area contributed by atoms with E-state index in [1.165, 1.54) is 5.56 Å². The normalized spacial score (nSPS) is 12.1. The highest BCUT2D eigenvalue weighted by Crippen LogP contribution is 2.25. The number of rotatable bonds is 4. The summed E-state index contributed by atoms with van der Waals surface area (Å²) in [4.78, 5) is 0. The number of nitrogens with one attached hydrogen (secondary N) is 1. The Balaban J connectivity index is 2.95. The average molecular weight is 331 g/mol. The lowest BCUT2D eigenvalue weighted by molar-refractivity contribution is 0.565. The van der Waals surface area contributed by atoms with Crippen molar-refractivity contribution >= 4 is 31.9 Å². The van der Waals surface area contributed by atoms with Gasteiger partial charge in [-0.05, 0) is 30.3 Å². The third kappa shape index (κ3) is 3.98. The van der Waals surface area contributed by atoms with E-state index in [1.54, 1.807) is 0 Å². The van der Waals surface area contributed by atoms with E-state index in [4.69, 9.17) is 6.42 Å². The Bertz CT molecular complexity index is 348. The van der Waals surface area contributed by atoms with Crippen LogP contribution in [0.15, 0.2) is 27.1 Å². The van der Waals surface area contributed by atoms with Crippen LogP contribution in [0.1, 0.15) is 24.9 Å². The molecule has 0 saturated heterocycles. The SMILES string of the molecule is C#CCC(NCC)c1cc(Br)cc(Br)c1. The van der Waals surface area contributed by atoms with Gasteiger partial charge in [0.25, 0.3) is 0 Å². The van der Waals surface area contributed by atoms with Gasteiger partial charge in [-0.25, -0.2) is 0 Å². The second kappa shape index (κ2) is 6.32.